The predicted octanol–water partition coefficient (Wildman–Crippen LogP) is 5.59. The molecule has 0 spiro atoms. The van der Waals surface area contributed by atoms with Crippen molar-refractivity contribution in [2.24, 2.45) is 0 Å². The Morgan fingerprint density at radius 2 is 1.85 bits per heavy atom. The molecule has 3 aromatic rings. The molecule has 2 aromatic carbocycles. The van der Waals surface area contributed by atoms with Crippen LogP contribution in [-0.4, -0.2) is 28.9 Å². The number of aryl methyl sites for hydroxylation is 2. The van der Waals surface area contributed by atoms with E-state index in [0.717, 1.165) is 53.3 Å². The van der Waals surface area contributed by atoms with Crippen molar-refractivity contribution in [2.75, 3.05) is 13.1 Å². The molecule has 1 fully saturated rings. The molecule has 2 aliphatic heterocycles. The standard InChI is InChI=1S/C27H29FN2O3S/c1-17-3-4-18(2)21(11-17)13-25(31)30-9-7-19(8-10-30)26-29-24(16-34-26)27-32-14-20-5-6-23(28)12-22(20)15-33-27/h3-6,11-12,16,19,27H,7-10,13-15H2,1-2H3. The van der Waals surface area contributed by atoms with E-state index in [1.807, 2.05) is 10.3 Å². The monoisotopic (exact) mass is 480 g/mol. The topological polar surface area (TPSA) is 51.7 Å². The third-order valence-electron chi connectivity index (χ3n) is 6.77. The summed E-state index contributed by atoms with van der Waals surface area (Å²) < 4.78 is 25.4. The quantitative estimate of drug-likeness (QED) is 0.488. The van der Waals surface area contributed by atoms with Crippen LogP contribution in [0, 0.1) is 19.7 Å². The maximum absolute atomic E-state index is 13.5. The lowest BCUT2D eigenvalue weighted by Crippen LogP contribution is -2.38. The number of hydrogen-bond acceptors (Lipinski definition) is 5. The van der Waals surface area contributed by atoms with Crippen LogP contribution in [0.3, 0.4) is 0 Å². The zero-order valence-corrected chi connectivity index (χ0v) is 20.4. The molecule has 3 heterocycles. The van der Waals surface area contributed by atoms with Crippen molar-refractivity contribution in [3.8, 4) is 0 Å². The average Bonchev–Trinajstić information content (AvgIpc) is 3.23. The van der Waals surface area contributed by atoms with Gasteiger partial charge in [-0.3, -0.25) is 4.79 Å². The molecule has 5 rings (SSSR count). The van der Waals surface area contributed by atoms with Gasteiger partial charge in [0, 0.05) is 24.4 Å². The Bertz CT molecular complexity index is 1190. The lowest BCUT2D eigenvalue weighted by molar-refractivity contribution is -0.155. The Morgan fingerprint density at radius 3 is 2.65 bits per heavy atom. The number of amides is 1. The van der Waals surface area contributed by atoms with Gasteiger partial charge < -0.3 is 14.4 Å². The molecule has 1 atom stereocenters. The zero-order chi connectivity index (χ0) is 23.7. The second kappa shape index (κ2) is 9.94. The second-order valence-electron chi connectivity index (χ2n) is 9.24. The van der Waals surface area contributed by atoms with Crippen LogP contribution in [0.5, 0.6) is 0 Å². The van der Waals surface area contributed by atoms with Crippen LogP contribution in [0.1, 0.15) is 63.6 Å². The summed E-state index contributed by atoms with van der Waals surface area (Å²) in [5.41, 5.74) is 5.99. The van der Waals surface area contributed by atoms with Gasteiger partial charge in [0.1, 0.15) is 11.5 Å². The molecule has 1 unspecified atom stereocenters. The van der Waals surface area contributed by atoms with E-state index in [2.05, 4.69) is 32.0 Å². The third kappa shape index (κ3) is 5.06. The van der Waals surface area contributed by atoms with Gasteiger partial charge >= 0.3 is 0 Å². The van der Waals surface area contributed by atoms with Gasteiger partial charge in [0.25, 0.3) is 0 Å². The first-order valence-corrected chi connectivity index (χ1v) is 12.6. The number of hydrogen-bond donors (Lipinski definition) is 0. The summed E-state index contributed by atoms with van der Waals surface area (Å²) in [6, 6.07) is 11.0. The summed E-state index contributed by atoms with van der Waals surface area (Å²) in [5, 5.41) is 3.06. The van der Waals surface area contributed by atoms with Crippen molar-refractivity contribution in [3.05, 3.63) is 86.1 Å². The van der Waals surface area contributed by atoms with E-state index in [1.165, 1.54) is 23.3 Å². The molecule has 0 N–H and O–H groups in total. The van der Waals surface area contributed by atoms with E-state index in [4.69, 9.17) is 14.5 Å². The van der Waals surface area contributed by atoms with Crippen LogP contribution >= 0.6 is 11.3 Å². The lowest BCUT2D eigenvalue weighted by atomic mass is 9.96. The molecule has 7 heteroatoms. The van der Waals surface area contributed by atoms with Crippen LogP contribution < -0.4 is 0 Å². The molecule has 0 bridgehead atoms. The summed E-state index contributed by atoms with van der Waals surface area (Å²) >= 11 is 1.62. The largest absolute Gasteiger partial charge is 0.342 e. The van der Waals surface area contributed by atoms with Crippen molar-refractivity contribution in [1.29, 1.82) is 0 Å². The van der Waals surface area contributed by atoms with Crippen molar-refractivity contribution < 1.29 is 18.7 Å². The van der Waals surface area contributed by atoms with E-state index >= 15 is 0 Å². The highest BCUT2D eigenvalue weighted by atomic mass is 32.1. The molecule has 1 amide bonds. The maximum atomic E-state index is 13.5. The van der Waals surface area contributed by atoms with E-state index in [-0.39, 0.29) is 11.7 Å². The first-order chi connectivity index (χ1) is 16.5. The van der Waals surface area contributed by atoms with Gasteiger partial charge in [-0.05, 0) is 61.1 Å². The average molecular weight is 481 g/mol. The highest BCUT2D eigenvalue weighted by Gasteiger charge is 2.28. The summed E-state index contributed by atoms with van der Waals surface area (Å²) in [6.07, 6.45) is 1.72. The van der Waals surface area contributed by atoms with E-state index in [1.54, 1.807) is 17.4 Å². The molecule has 178 valence electrons. The SMILES string of the molecule is Cc1ccc(C)c(CC(=O)N2CCC(c3nc(C4OCc5ccc(F)cc5CO4)cs3)CC2)c1. The first-order valence-electron chi connectivity index (χ1n) is 11.8. The molecule has 2 aliphatic rings. The van der Waals surface area contributed by atoms with E-state index in [9.17, 15) is 9.18 Å². The van der Waals surface area contributed by atoms with E-state index < -0.39 is 6.29 Å². The number of likely N-dealkylation sites (tertiary alicyclic amines) is 1. The molecule has 1 saturated heterocycles. The Balaban J connectivity index is 1.17. The summed E-state index contributed by atoms with van der Waals surface area (Å²) in [7, 11) is 0. The van der Waals surface area contributed by atoms with Gasteiger partial charge in [0.05, 0.1) is 24.6 Å². The van der Waals surface area contributed by atoms with Crippen LogP contribution in [0.2, 0.25) is 0 Å². The minimum absolute atomic E-state index is 0.197. The normalized spacial score (nSPS) is 19.0. The van der Waals surface area contributed by atoms with Gasteiger partial charge in [-0.25, -0.2) is 9.37 Å². The summed E-state index contributed by atoms with van der Waals surface area (Å²) in [4.78, 5) is 19.7. The number of rotatable bonds is 4. The number of fused-ring (bicyclic) bond motifs is 1. The highest BCUT2D eigenvalue weighted by Crippen LogP contribution is 2.34. The summed E-state index contributed by atoms with van der Waals surface area (Å²) in [6.45, 7) is 6.29. The fourth-order valence-electron chi connectivity index (χ4n) is 4.66. The van der Waals surface area contributed by atoms with Gasteiger partial charge in [-0.1, -0.05) is 29.8 Å². The number of piperidine rings is 1. The number of thiazole rings is 1. The molecule has 1 aromatic heterocycles. The first kappa shape index (κ1) is 23.1. The minimum atomic E-state index is -0.556. The lowest BCUT2D eigenvalue weighted by Gasteiger charge is -2.31. The Kier molecular flexibility index (Phi) is 6.77. The molecule has 34 heavy (non-hydrogen) atoms. The fourth-order valence-corrected chi connectivity index (χ4v) is 5.65. The molecule has 0 radical (unpaired) electrons. The van der Waals surface area contributed by atoms with Crippen molar-refractivity contribution >= 4 is 17.2 Å². The number of carbonyl (C=O) groups is 1. The van der Waals surface area contributed by atoms with Crippen LogP contribution in [0.4, 0.5) is 4.39 Å². The Hall–Kier alpha value is -2.61. The number of nitrogens with zero attached hydrogens (tertiary/aromatic N) is 2. The fraction of sp³-hybridized carbons (Fsp3) is 0.407. The zero-order valence-electron chi connectivity index (χ0n) is 19.6. The molecule has 0 saturated carbocycles. The Morgan fingerprint density at radius 1 is 1.09 bits per heavy atom. The van der Waals surface area contributed by atoms with Gasteiger partial charge in [0.15, 0.2) is 0 Å². The molecular formula is C27H29FN2O3S. The van der Waals surface area contributed by atoms with Crippen LogP contribution in [-0.2, 0) is 33.9 Å². The van der Waals surface area contributed by atoms with Crippen molar-refractivity contribution in [2.45, 2.75) is 58.5 Å². The minimum Gasteiger partial charge on any atom is -0.342 e. The highest BCUT2D eigenvalue weighted by molar-refractivity contribution is 7.09. The number of halogens is 1. The van der Waals surface area contributed by atoms with Gasteiger partial charge in [0.2, 0.25) is 12.2 Å². The van der Waals surface area contributed by atoms with Gasteiger partial charge in [-0.15, -0.1) is 11.3 Å². The van der Waals surface area contributed by atoms with Crippen molar-refractivity contribution in [3.63, 3.8) is 0 Å². The predicted molar refractivity (Wildman–Crippen MR) is 129 cm³/mol. The summed E-state index contributed by atoms with van der Waals surface area (Å²) in [5.74, 6) is 0.263. The Labute approximate surface area is 203 Å². The molecular weight excluding hydrogens is 451 g/mol. The number of aromatic nitrogens is 1. The van der Waals surface area contributed by atoms with Gasteiger partial charge in [-0.2, -0.15) is 0 Å². The van der Waals surface area contributed by atoms with Crippen LogP contribution in [0.15, 0.2) is 41.8 Å². The number of benzene rings is 2. The van der Waals surface area contributed by atoms with Crippen molar-refractivity contribution in [1.82, 2.24) is 9.88 Å². The maximum Gasteiger partial charge on any atom is 0.227 e. The number of ether oxygens (including phenoxy) is 2. The second-order valence-corrected chi connectivity index (χ2v) is 10.1. The van der Waals surface area contributed by atoms with Crippen LogP contribution in [0.25, 0.3) is 0 Å². The molecule has 0 aliphatic carbocycles. The third-order valence-corrected chi connectivity index (χ3v) is 7.80. The van der Waals surface area contributed by atoms with E-state index in [0.29, 0.717) is 25.6 Å². The smallest absolute Gasteiger partial charge is 0.227 e. The number of carbonyl (C=O) groups excluding carboxylic acids is 1. The molecule has 5 nitrogen and oxygen atoms in total.